The molecule has 0 aromatic carbocycles. The summed E-state index contributed by atoms with van der Waals surface area (Å²) in [4.78, 5) is 8.26. The van der Waals surface area contributed by atoms with E-state index in [1.807, 2.05) is 6.20 Å². The number of thiazole rings is 1. The summed E-state index contributed by atoms with van der Waals surface area (Å²) in [6.07, 6.45) is 7.60. The minimum absolute atomic E-state index is 0.0439. The third-order valence-corrected chi connectivity index (χ3v) is 5.30. The lowest BCUT2D eigenvalue weighted by Gasteiger charge is -2.41. The lowest BCUT2D eigenvalue weighted by Crippen LogP contribution is -2.59. The zero-order valence-electron chi connectivity index (χ0n) is 12.2. The highest BCUT2D eigenvalue weighted by atomic mass is 32.1. The van der Waals surface area contributed by atoms with E-state index in [-0.39, 0.29) is 11.6 Å². The first kappa shape index (κ1) is 14.0. The van der Waals surface area contributed by atoms with E-state index >= 15 is 0 Å². The summed E-state index contributed by atoms with van der Waals surface area (Å²) in [5.74, 6) is 5.84. The van der Waals surface area contributed by atoms with Gasteiger partial charge in [0.1, 0.15) is 0 Å². The maximum absolute atomic E-state index is 5.84. The number of fused-ring (bicyclic) bond motifs is 1. The second kappa shape index (κ2) is 5.44. The van der Waals surface area contributed by atoms with Gasteiger partial charge in [0.05, 0.1) is 5.69 Å². The van der Waals surface area contributed by atoms with E-state index in [2.05, 4.69) is 45.1 Å². The van der Waals surface area contributed by atoms with Crippen LogP contribution in [-0.2, 0) is 6.42 Å². The minimum atomic E-state index is 0.0439. The summed E-state index contributed by atoms with van der Waals surface area (Å²) < 4.78 is 2.08. The molecule has 5 nitrogen and oxygen atoms in total. The number of hydrazine groups is 1. The highest BCUT2D eigenvalue weighted by Gasteiger charge is 2.36. The molecule has 20 heavy (non-hydrogen) atoms. The quantitative estimate of drug-likeness (QED) is 0.650. The van der Waals surface area contributed by atoms with Crippen LogP contribution in [0, 0.1) is 0 Å². The third-order valence-electron chi connectivity index (χ3n) is 4.53. The van der Waals surface area contributed by atoms with Crippen molar-refractivity contribution in [2.75, 3.05) is 13.1 Å². The molecule has 1 unspecified atom stereocenters. The molecule has 1 aliphatic rings. The molecule has 3 heterocycles. The lowest BCUT2D eigenvalue weighted by atomic mass is 9.89. The maximum atomic E-state index is 5.84. The molecule has 0 radical (unpaired) electrons. The van der Waals surface area contributed by atoms with E-state index in [1.54, 1.807) is 11.3 Å². The Hall–Kier alpha value is -0.950. The van der Waals surface area contributed by atoms with E-state index < -0.39 is 0 Å². The van der Waals surface area contributed by atoms with Crippen molar-refractivity contribution in [1.82, 2.24) is 19.7 Å². The van der Waals surface area contributed by atoms with Crippen LogP contribution < -0.4 is 11.3 Å². The molecule has 2 aromatic rings. The number of nitrogens with one attached hydrogen (secondary N) is 1. The average molecular weight is 293 g/mol. The van der Waals surface area contributed by atoms with Crippen molar-refractivity contribution in [2.24, 2.45) is 5.84 Å². The largest absolute Gasteiger partial charge is 0.297 e. The molecule has 0 bridgehead atoms. The third kappa shape index (κ3) is 2.48. The first-order chi connectivity index (χ1) is 9.61. The van der Waals surface area contributed by atoms with Gasteiger partial charge in [0.2, 0.25) is 0 Å². The van der Waals surface area contributed by atoms with Crippen molar-refractivity contribution in [3.05, 3.63) is 23.5 Å². The fourth-order valence-corrected chi connectivity index (χ4v) is 3.83. The molecule has 3 N–H and O–H groups in total. The van der Waals surface area contributed by atoms with E-state index in [4.69, 9.17) is 5.84 Å². The van der Waals surface area contributed by atoms with Gasteiger partial charge in [-0.15, -0.1) is 11.3 Å². The average Bonchev–Trinajstić information content (AvgIpc) is 3.11. The Labute approximate surface area is 123 Å². The molecule has 0 aliphatic carbocycles. The zero-order valence-corrected chi connectivity index (χ0v) is 13.0. The molecule has 1 aliphatic heterocycles. The summed E-state index contributed by atoms with van der Waals surface area (Å²) in [5, 5.41) is 2.05. The number of likely N-dealkylation sites (tertiary alicyclic amines) is 1. The van der Waals surface area contributed by atoms with E-state index in [0.717, 1.165) is 17.1 Å². The highest BCUT2D eigenvalue weighted by Crippen LogP contribution is 2.26. The van der Waals surface area contributed by atoms with Crippen molar-refractivity contribution in [3.8, 4) is 0 Å². The first-order valence-electron chi connectivity index (χ1n) is 7.23. The van der Waals surface area contributed by atoms with E-state index in [1.165, 1.54) is 25.9 Å². The summed E-state index contributed by atoms with van der Waals surface area (Å²) in [6, 6.07) is 0.199. The van der Waals surface area contributed by atoms with Crippen LogP contribution >= 0.6 is 11.3 Å². The maximum Gasteiger partial charge on any atom is 0.193 e. The highest BCUT2D eigenvalue weighted by molar-refractivity contribution is 7.15. The lowest BCUT2D eigenvalue weighted by molar-refractivity contribution is 0.106. The normalized spacial score (nSPS) is 18.9. The molecule has 1 fully saturated rings. The number of nitrogens with zero attached hydrogens (tertiary/aromatic N) is 3. The fourth-order valence-electron chi connectivity index (χ4n) is 3.11. The Bertz CT molecular complexity index is 538. The number of aromatic nitrogens is 2. The van der Waals surface area contributed by atoms with Crippen molar-refractivity contribution in [3.63, 3.8) is 0 Å². The summed E-state index contributed by atoms with van der Waals surface area (Å²) in [6.45, 7) is 6.90. The Morgan fingerprint density at radius 3 is 2.85 bits per heavy atom. The van der Waals surface area contributed by atoms with Gasteiger partial charge in [0.15, 0.2) is 4.96 Å². The first-order valence-corrected chi connectivity index (χ1v) is 8.11. The van der Waals surface area contributed by atoms with Gasteiger partial charge in [-0.25, -0.2) is 4.98 Å². The van der Waals surface area contributed by atoms with E-state index in [9.17, 15) is 0 Å². The van der Waals surface area contributed by atoms with Gasteiger partial charge in [0.25, 0.3) is 0 Å². The summed E-state index contributed by atoms with van der Waals surface area (Å²) in [7, 11) is 0. The topological polar surface area (TPSA) is 58.6 Å². The van der Waals surface area contributed by atoms with Crippen LogP contribution in [0.1, 0.15) is 32.4 Å². The number of nitrogens with two attached hydrogens (primary N) is 1. The van der Waals surface area contributed by atoms with Gasteiger partial charge in [-0.2, -0.15) is 0 Å². The van der Waals surface area contributed by atoms with Crippen LogP contribution in [0.4, 0.5) is 0 Å². The van der Waals surface area contributed by atoms with Crippen LogP contribution in [0.5, 0.6) is 0 Å². The van der Waals surface area contributed by atoms with Crippen LogP contribution in [-0.4, -0.2) is 39.0 Å². The molecule has 2 aromatic heterocycles. The second-order valence-electron chi connectivity index (χ2n) is 6.10. The van der Waals surface area contributed by atoms with Crippen molar-refractivity contribution in [2.45, 2.75) is 44.7 Å². The molecule has 0 saturated carbocycles. The van der Waals surface area contributed by atoms with Crippen molar-refractivity contribution in [1.29, 1.82) is 0 Å². The number of rotatable bonds is 5. The van der Waals surface area contributed by atoms with Gasteiger partial charge >= 0.3 is 0 Å². The number of imidazole rings is 1. The standard InChI is InChI=1S/C14H23N5S/c1-14(2,19-5-3-4-6-19)12(17-15)9-11-10-18-7-8-20-13(18)16-11/h7-8,10,12,17H,3-6,9,15H2,1-2H3. The minimum Gasteiger partial charge on any atom is -0.297 e. The molecule has 3 rings (SSSR count). The van der Waals surface area contributed by atoms with Crippen molar-refractivity contribution >= 4 is 16.3 Å². The Morgan fingerprint density at radius 2 is 2.20 bits per heavy atom. The SMILES string of the molecule is CC(C)(C(Cc1cn2ccsc2n1)NN)N1CCCC1. The van der Waals surface area contributed by atoms with Gasteiger partial charge in [-0.05, 0) is 39.8 Å². The van der Waals surface area contributed by atoms with Crippen LogP contribution in [0.2, 0.25) is 0 Å². The van der Waals surface area contributed by atoms with E-state index in [0.29, 0.717) is 0 Å². The van der Waals surface area contributed by atoms with Gasteiger partial charge in [0, 0.05) is 35.8 Å². The summed E-state index contributed by atoms with van der Waals surface area (Å²) in [5.41, 5.74) is 4.16. The smallest absolute Gasteiger partial charge is 0.193 e. The molecule has 110 valence electrons. The molecule has 1 saturated heterocycles. The van der Waals surface area contributed by atoms with Crippen LogP contribution in [0.3, 0.4) is 0 Å². The van der Waals surface area contributed by atoms with Crippen LogP contribution in [0.15, 0.2) is 17.8 Å². The molecular weight excluding hydrogens is 270 g/mol. The summed E-state index contributed by atoms with van der Waals surface area (Å²) >= 11 is 1.67. The molecule has 0 spiro atoms. The van der Waals surface area contributed by atoms with Crippen molar-refractivity contribution < 1.29 is 0 Å². The van der Waals surface area contributed by atoms with Gasteiger partial charge in [-0.1, -0.05) is 0 Å². The molecule has 1 atom stereocenters. The second-order valence-corrected chi connectivity index (χ2v) is 6.97. The monoisotopic (exact) mass is 293 g/mol. The number of hydrogen-bond donors (Lipinski definition) is 2. The van der Waals surface area contributed by atoms with Gasteiger partial charge < -0.3 is 0 Å². The Kier molecular flexibility index (Phi) is 3.81. The molecule has 0 amide bonds. The Morgan fingerprint density at radius 1 is 1.45 bits per heavy atom. The number of hydrogen-bond acceptors (Lipinski definition) is 5. The predicted molar refractivity (Wildman–Crippen MR) is 82.8 cm³/mol. The zero-order chi connectivity index (χ0) is 14.2. The molecule has 6 heteroatoms. The van der Waals surface area contributed by atoms with Gasteiger partial charge in [-0.3, -0.25) is 20.6 Å². The Balaban J connectivity index is 1.77. The predicted octanol–water partition coefficient (Wildman–Crippen LogP) is 1.64. The molecular formula is C14H23N5S. The van der Waals surface area contributed by atoms with Crippen LogP contribution in [0.25, 0.3) is 4.96 Å². The fraction of sp³-hybridized carbons (Fsp3) is 0.643.